The van der Waals surface area contributed by atoms with E-state index < -0.39 is 0 Å². The first-order chi connectivity index (χ1) is 13.4. The molecule has 0 aliphatic rings. The summed E-state index contributed by atoms with van der Waals surface area (Å²) in [5, 5.41) is 9.44. The summed E-state index contributed by atoms with van der Waals surface area (Å²) in [5.74, 6) is 0.0884. The van der Waals surface area contributed by atoms with Gasteiger partial charge >= 0.3 is 0 Å². The van der Waals surface area contributed by atoms with Crippen LogP contribution in [0.4, 0.5) is 0 Å². The zero-order chi connectivity index (χ0) is 20.3. The van der Waals surface area contributed by atoms with Gasteiger partial charge in [-0.1, -0.05) is 10.6 Å². The van der Waals surface area contributed by atoms with Crippen molar-refractivity contribution in [2.75, 3.05) is 0 Å². The smallest absolute Gasteiger partial charge is 0.178 e. The summed E-state index contributed by atoms with van der Waals surface area (Å²) in [6.07, 6.45) is 0. The molecule has 0 radical (unpaired) electrons. The summed E-state index contributed by atoms with van der Waals surface area (Å²) >= 11 is 5.87. The largest absolute Gasteiger partial charge is 0.294 e. The van der Waals surface area contributed by atoms with Crippen LogP contribution in [0, 0.1) is 13.8 Å². The third-order valence-electron chi connectivity index (χ3n) is 3.56. The zero-order valence-corrected chi connectivity index (χ0v) is 18.8. The molecule has 0 aliphatic heterocycles. The van der Waals surface area contributed by atoms with Crippen LogP contribution in [0.15, 0.2) is 22.9 Å². The van der Waals surface area contributed by atoms with Crippen molar-refractivity contribution in [1.82, 2.24) is 19.6 Å². The lowest BCUT2D eigenvalue weighted by Gasteiger charge is -1.88. The molecule has 4 aromatic heterocycles. The van der Waals surface area contributed by atoms with Crippen molar-refractivity contribution < 1.29 is 9.59 Å². The van der Waals surface area contributed by atoms with Crippen LogP contribution in [0.5, 0.6) is 0 Å². The van der Waals surface area contributed by atoms with E-state index in [1.807, 2.05) is 31.4 Å². The number of carbonyl (C=O) groups excluding carboxylic acids is 2. The molecular weight excluding hydrogens is 432 g/mol. The third kappa shape index (κ3) is 4.64. The van der Waals surface area contributed by atoms with Crippen LogP contribution in [-0.4, -0.2) is 31.1 Å². The molecule has 28 heavy (non-hydrogen) atoms. The number of ketones is 2. The molecule has 144 valence electrons. The maximum atomic E-state index is 11.2. The van der Waals surface area contributed by atoms with Gasteiger partial charge in [-0.3, -0.25) is 9.59 Å². The molecule has 10 heteroatoms. The van der Waals surface area contributed by atoms with Gasteiger partial charge in [-0.15, -0.1) is 39.1 Å². The SMILES string of the molecule is CC(=O)c1csc(-c2snnc2C)n1.CC(=O)c1sc(-c2cccs2)nc1C. The maximum absolute atomic E-state index is 11.2. The molecule has 0 bridgehead atoms. The quantitative estimate of drug-likeness (QED) is 0.380. The Bertz CT molecular complexity index is 1110. The normalized spacial score (nSPS) is 10.4. The van der Waals surface area contributed by atoms with Crippen LogP contribution in [-0.2, 0) is 0 Å². The molecule has 0 aliphatic carbocycles. The van der Waals surface area contributed by atoms with Crippen molar-refractivity contribution in [1.29, 1.82) is 0 Å². The van der Waals surface area contributed by atoms with E-state index >= 15 is 0 Å². The van der Waals surface area contributed by atoms with Crippen molar-refractivity contribution in [3.63, 3.8) is 0 Å². The van der Waals surface area contributed by atoms with Crippen molar-refractivity contribution in [2.45, 2.75) is 27.7 Å². The molecule has 0 saturated carbocycles. The minimum atomic E-state index is -0.0115. The number of Topliss-reactive ketones (excluding diaryl/α,β-unsaturated/α-hetero) is 2. The van der Waals surface area contributed by atoms with Crippen LogP contribution in [0.1, 0.15) is 45.4 Å². The van der Waals surface area contributed by atoms with Crippen molar-refractivity contribution in [3.8, 4) is 19.8 Å². The van der Waals surface area contributed by atoms with Crippen LogP contribution in [0.25, 0.3) is 19.8 Å². The number of carbonyl (C=O) groups is 2. The standard InChI is InChI=1S/C10H9NOS2.C8H7N3OS2/c1-6-9(7(2)12)14-10(11-6)8-4-3-5-13-8;1-4-7(14-11-10-4)8-9-6(3-13-8)5(2)12/h3-5H,1-2H3;3H,1-2H3. The van der Waals surface area contributed by atoms with E-state index in [0.717, 1.165) is 36.0 Å². The molecule has 0 spiro atoms. The molecule has 0 saturated heterocycles. The van der Waals surface area contributed by atoms with Gasteiger partial charge in [0.25, 0.3) is 0 Å². The second-order valence-corrected chi connectivity index (χ2v) is 9.31. The van der Waals surface area contributed by atoms with Gasteiger partial charge in [0.15, 0.2) is 11.6 Å². The Balaban J connectivity index is 0.000000161. The average Bonchev–Trinajstić information content (AvgIpc) is 3.42. The Labute approximate surface area is 178 Å². The Morgan fingerprint density at radius 1 is 0.964 bits per heavy atom. The van der Waals surface area contributed by atoms with Gasteiger partial charge in [0.2, 0.25) is 0 Å². The second-order valence-electron chi connectivity index (χ2n) is 5.75. The number of rotatable bonds is 4. The van der Waals surface area contributed by atoms with Gasteiger partial charge < -0.3 is 0 Å². The monoisotopic (exact) mass is 448 g/mol. The first-order valence-electron chi connectivity index (χ1n) is 8.14. The molecular formula is C18H16N4O2S4. The minimum absolute atomic E-state index is 0.0115. The number of thiophene rings is 1. The molecule has 6 nitrogen and oxygen atoms in total. The average molecular weight is 449 g/mol. The second kappa shape index (κ2) is 8.91. The van der Waals surface area contributed by atoms with Crippen LogP contribution in [0.2, 0.25) is 0 Å². The summed E-state index contributed by atoms with van der Waals surface area (Å²) < 4.78 is 3.83. The van der Waals surface area contributed by atoms with E-state index in [1.165, 1.54) is 41.1 Å². The Morgan fingerprint density at radius 3 is 2.25 bits per heavy atom. The van der Waals surface area contributed by atoms with E-state index in [1.54, 1.807) is 23.6 Å². The fourth-order valence-corrected chi connectivity index (χ4v) is 5.60. The fraction of sp³-hybridized carbons (Fsp3) is 0.222. The summed E-state index contributed by atoms with van der Waals surface area (Å²) in [5.41, 5.74) is 2.21. The number of hydrogen-bond acceptors (Lipinski definition) is 10. The molecule has 4 aromatic rings. The molecule has 0 N–H and O–H groups in total. The van der Waals surface area contributed by atoms with E-state index in [0.29, 0.717) is 5.69 Å². The number of aryl methyl sites for hydroxylation is 2. The van der Waals surface area contributed by atoms with E-state index in [9.17, 15) is 9.59 Å². The highest BCUT2D eigenvalue weighted by atomic mass is 32.1. The topological polar surface area (TPSA) is 85.7 Å². The molecule has 4 rings (SSSR count). The van der Waals surface area contributed by atoms with Crippen LogP contribution in [0.3, 0.4) is 0 Å². The first kappa shape index (κ1) is 20.6. The van der Waals surface area contributed by atoms with E-state index in [4.69, 9.17) is 0 Å². The molecule has 0 amide bonds. The van der Waals surface area contributed by atoms with Gasteiger partial charge in [0.1, 0.15) is 20.6 Å². The Hall–Kier alpha value is -2.14. The van der Waals surface area contributed by atoms with Gasteiger partial charge in [-0.2, -0.15) is 0 Å². The Morgan fingerprint density at radius 2 is 1.75 bits per heavy atom. The van der Waals surface area contributed by atoms with Gasteiger partial charge in [0.05, 0.1) is 21.1 Å². The van der Waals surface area contributed by atoms with Crippen LogP contribution >= 0.6 is 45.5 Å². The van der Waals surface area contributed by atoms with Crippen molar-refractivity contribution >= 4 is 57.1 Å². The van der Waals surface area contributed by atoms with Crippen molar-refractivity contribution in [3.05, 3.63) is 44.9 Å². The zero-order valence-electron chi connectivity index (χ0n) is 15.5. The number of aromatic nitrogens is 4. The lowest BCUT2D eigenvalue weighted by Crippen LogP contribution is -1.91. The number of nitrogens with zero attached hydrogens (tertiary/aromatic N) is 4. The molecule has 0 atom stereocenters. The highest BCUT2D eigenvalue weighted by Gasteiger charge is 2.13. The number of hydrogen-bond donors (Lipinski definition) is 0. The summed E-state index contributed by atoms with van der Waals surface area (Å²) in [6, 6.07) is 4.01. The predicted octanol–water partition coefficient (Wildman–Crippen LogP) is 5.56. The lowest BCUT2D eigenvalue weighted by atomic mass is 10.3. The van der Waals surface area contributed by atoms with Gasteiger partial charge in [-0.05, 0) is 36.8 Å². The first-order valence-corrected chi connectivity index (χ1v) is 11.5. The lowest BCUT2D eigenvalue weighted by molar-refractivity contribution is 0.100. The van der Waals surface area contributed by atoms with Crippen molar-refractivity contribution in [2.24, 2.45) is 0 Å². The third-order valence-corrected chi connectivity index (χ3v) is 7.68. The van der Waals surface area contributed by atoms with Crippen LogP contribution < -0.4 is 0 Å². The summed E-state index contributed by atoms with van der Waals surface area (Å²) in [4.78, 5) is 33.7. The maximum Gasteiger partial charge on any atom is 0.178 e. The predicted molar refractivity (Wildman–Crippen MR) is 116 cm³/mol. The summed E-state index contributed by atoms with van der Waals surface area (Å²) in [6.45, 7) is 6.85. The Kier molecular flexibility index (Phi) is 6.55. The molecule has 0 aromatic carbocycles. The molecule has 4 heterocycles. The minimum Gasteiger partial charge on any atom is -0.294 e. The number of thiazole rings is 2. The highest BCUT2D eigenvalue weighted by Crippen LogP contribution is 2.31. The molecule has 0 fully saturated rings. The van der Waals surface area contributed by atoms with Gasteiger partial charge in [0, 0.05) is 19.2 Å². The van der Waals surface area contributed by atoms with E-state index in [-0.39, 0.29) is 11.6 Å². The highest BCUT2D eigenvalue weighted by molar-refractivity contribution is 7.22. The summed E-state index contributed by atoms with van der Waals surface area (Å²) in [7, 11) is 0. The molecule has 0 unspecified atom stereocenters. The van der Waals surface area contributed by atoms with Gasteiger partial charge in [-0.25, -0.2) is 9.97 Å². The fourth-order valence-electron chi connectivity index (χ4n) is 2.20. The van der Waals surface area contributed by atoms with E-state index in [2.05, 4.69) is 19.6 Å².